The fraction of sp³-hybridized carbons (Fsp3) is 0.143. The Hall–Kier alpha value is -0.942. The molecule has 0 fully saturated rings. The molecule has 2 rings (SSSR count). The summed E-state index contributed by atoms with van der Waals surface area (Å²) >= 11 is 0. The van der Waals surface area contributed by atoms with Gasteiger partial charge in [-0.15, -0.1) is 11.6 Å². The largest absolute Gasteiger partial charge is 2.00 e. The number of hydrogen-bond acceptors (Lipinski definition) is 0. The zero-order valence-electron chi connectivity index (χ0n) is 9.17. The summed E-state index contributed by atoms with van der Waals surface area (Å²) in [6, 6.07) is 15.2. The minimum absolute atomic E-state index is 0. The molecular formula is C14H11FW. The van der Waals surface area contributed by atoms with Crippen molar-refractivity contribution in [3.05, 3.63) is 59.4 Å². The minimum atomic E-state index is -0.290. The van der Waals surface area contributed by atoms with Crippen LogP contribution in [0.15, 0.2) is 30.3 Å². The van der Waals surface area contributed by atoms with Crippen LogP contribution in [0.2, 0.25) is 0 Å². The van der Waals surface area contributed by atoms with E-state index in [1.54, 1.807) is 13.0 Å². The van der Waals surface area contributed by atoms with E-state index in [0.717, 1.165) is 16.7 Å². The van der Waals surface area contributed by atoms with Crippen molar-refractivity contribution in [3.8, 4) is 11.1 Å². The maximum Gasteiger partial charge on any atom is 2.00 e. The molecule has 0 heterocycles. The molecule has 0 aromatic heterocycles. The molecule has 2 aromatic rings. The van der Waals surface area contributed by atoms with E-state index < -0.39 is 0 Å². The van der Waals surface area contributed by atoms with E-state index in [2.05, 4.69) is 12.1 Å². The topological polar surface area (TPSA) is 0 Å². The van der Waals surface area contributed by atoms with E-state index in [1.807, 2.05) is 31.2 Å². The van der Waals surface area contributed by atoms with E-state index in [4.69, 9.17) is 0 Å². The van der Waals surface area contributed by atoms with Crippen LogP contribution in [0.1, 0.15) is 11.1 Å². The van der Waals surface area contributed by atoms with E-state index >= 15 is 0 Å². The monoisotopic (exact) mass is 382 g/mol. The van der Waals surface area contributed by atoms with Gasteiger partial charge in [-0.1, -0.05) is 19.4 Å². The summed E-state index contributed by atoms with van der Waals surface area (Å²) < 4.78 is 13.3. The first-order chi connectivity index (χ1) is 7.16. The van der Waals surface area contributed by atoms with Crippen molar-refractivity contribution in [2.45, 2.75) is 13.8 Å². The maximum atomic E-state index is 13.3. The third kappa shape index (κ3) is 2.80. The van der Waals surface area contributed by atoms with Gasteiger partial charge in [-0.3, -0.25) is 0 Å². The number of benzene rings is 2. The Kier molecular flexibility index (Phi) is 4.43. The van der Waals surface area contributed by atoms with Gasteiger partial charge in [-0.25, -0.2) is 15.5 Å². The maximum absolute atomic E-state index is 13.3. The normalized spacial score (nSPS) is 9.69. The van der Waals surface area contributed by atoms with Gasteiger partial charge in [0, 0.05) is 5.82 Å². The van der Waals surface area contributed by atoms with Crippen LogP contribution < -0.4 is 0 Å². The molecular weight excluding hydrogens is 371 g/mol. The third-order valence-electron chi connectivity index (χ3n) is 2.35. The fourth-order valence-electron chi connectivity index (χ4n) is 1.37. The predicted octanol–water partition coefficient (Wildman–Crippen LogP) is 3.71. The Bertz CT molecular complexity index is 475. The van der Waals surface area contributed by atoms with Crippen LogP contribution in [0.5, 0.6) is 0 Å². The molecule has 0 amide bonds. The summed E-state index contributed by atoms with van der Waals surface area (Å²) in [5.74, 6) is -0.290. The van der Waals surface area contributed by atoms with Gasteiger partial charge in [0.2, 0.25) is 0 Å². The van der Waals surface area contributed by atoms with Gasteiger partial charge in [0.15, 0.2) is 0 Å². The summed E-state index contributed by atoms with van der Waals surface area (Å²) in [6.07, 6.45) is 0. The molecule has 0 bridgehead atoms. The molecule has 16 heavy (non-hydrogen) atoms. The van der Waals surface area contributed by atoms with Crippen molar-refractivity contribution in [2.24, 2.45) is 0 Å². The average Bonchev–Trinajstić information content (AvgIpc) is 2.23. The summed E-state index contributed by atoms with van der Waals surface area (Å²) in [7, 11) is 0. The van der Waals surface area contributed by atoms with Crippen LogP contribution in [-0.4, -0.2) is 0 Å². The molecule has 0 radical (unpaired) electrons. The van der Waals surface area contributed by atoms with Crippen molar-refractivity contribution in [1.29, 1.82) is 0 Å². The van der Waals surface area contributed by atoms with Crippen LogP contribution in [0.25, 0.3) is 11.1 Å². The molecule has 0 aliphatic heterocycles. The molecule has 80 valence electrons. The first kappa shape index (κ1) is 13.1. The minimum Gasteiger partial charge on any atom is -0.230 e. The molecule has 0 aliphatic rings. The molecule has 2 aromatic carbocycles. The van der Waals surface area contributed by atoms with Gasteiger partial charge in [0.1, 0.15) is 0 Å². The quantitative estimate of drug-likeness (QED) is 0.660. The van der Waals surface area contributed by atoms with Gasteiger partial charge >= 0.3 is 21.1 Å². The van der Waals surface area contributed by atoms with Gasteiger partial charge in [0.05, 0.1) is 0 Å². The third-order valence-corrected chi connectivity index (χ3v) is 2.35. The van der Waals surface area contributed by atoms with Gasteiger partial charge in [-0.2, -0.15) is 36.4 Å². The SMILES string of the molecule is Cc1c[c-]c(-c2[c-]c(F)c(C)cc2)cc1.[W+2]. The standard InChI is InChI=1S/C14H11F.W/c1-10-3-6-12(7-4-10)13-8-5-11(2)14(15)9-13;/h3-6,8H,1-2H3;/q-2;+2. The molecule has 0 unspecified atom stereocenters. The molecule has 0 spiro atoms. The zero-order chi connectivity index (χ0) is 10.8. The van der Waals surface area contributed by atoms with Crippen LogP contribution in [0.3, 0.4) is 0 Å². The molecule has 0 saturated carbocycles. The zero-order valence-corrected chi connectivity index (χ0v) is 12.1. The second-order valence-electron chi connectivity index (χ2n) is 3.65. The van der Waals surface area contributed by atoms with Crippen molar-refractivity contribution < 1.29 is 25.5 Å². The van der Waals surface area contributed by atoms with E-state index in [9.17, 15) is 4.39 Å². The number of halogens is 1. The van der Waals surface area contributed by atoms with E-state index in [-0.39, 0.29) is 26.9 Å². The molecule has 0 N–H and O–H groups in total. The van der Waals surface area contributed by atoms with Crippen molar-refractivity contribution in [3.63, 3.8) is 0 Å². The van der Waals surface area contributed by atoms with Crippen LogP contribution >= 0.6 is 0 Å². The number of rotatable bonds is 1. The Morgan fingerprint density at radius 1 is 1.00 bits per heavy atom. The van der Waals surface area contributed by atoms with Crippen LogP contribution in [0, 0.1) is 31.8 Å². The Morgan fingerprint density at radius 3 is 2.25 bits per heavy atom. The van der Waals surface area contributed by atoms with Crippen molar-refractivity contribution in [1.82, 2.24) is 0 Å². The molecule has 0 nitrogen and oxygen atoms in total. The molecule has 0 saturated heterocycles. The second kappa shape index (κ2) is 5.41. The van der Waals surface area contributed by atoms with Crippen LogP contribution in [0.4, 0.5) is 4.39 Å². The Morgan fingerprint density at radius 2 is 1.69 bits per heavy atom. The van der Waals surface area contributed by atoms with E-state index in [0.29, 0.717) is 5.56 Å². The predicted molar refractivity (Wildman–Crippen MR) is 59.0 cm³/mol. The summed E-state index contributed by atoms with van der Waals surface area (Å²) in [4.78, 5) is 0. The summed E-state index contributed by atoms with van der Waals surface area (Å²) in [5, 5.41) is 0. The van der Waals surface area contributed by atoms with Gasteiger partial charge in [0.25, 0.3) is 0 Å². The molecule has 2 heteroatoms. The summed E-state index contributed by atoms with van der Waals surface area (Å²) in [5.41, 5.74) is 3.38. The van der Waals surface area contributed by atoms with Gasteiger partial charge in [-0.05, 0) is 0 Å². The van der Waals surface area contributed by atoms with E-state index in [1.165, 1.54) is 0 Å². The van der Waals surface area contributed by atoms with Crippen LogP contribution in [-0.2, 0) is 21.1 Å². The first-order valence-electron chi connectivity index (χ1n) is 4.84. The fourth-order valence-corrected chi connectivity index (χ4v) is 1.37. The number of hydrogen-bond donors (Lipinski definition) is 0. The molecule has 0 aliphatic carbocycles. The first-order valence-corrected chi connectivity index (χ1v) is 4.84. The Labute approximate surface area is 110 Å². The second-order valence-corrected chi connectivity index (χ2v) is 3.65. The average molecular weight is 382 g/mol. The number of aryl methyl sites for hydroxylation is 2. The summed E-state index contributed by atoms with van der Waals surface area (Å²) in [6.45, 7) is 3.73. The van der Waals surface area contributed by atoms with Gasteiger partial charge < -0.3 is 0 Å². The van der Waals surface area contributed by atoms with Crippen molar-refractivity contribution in [2.75, 3.05) is 0 Å². The smallest absolute Gasteiger partial charge is 0.230 e. The van der Waals surface area contributed by atoms with Crippen molar-refractivity contribution >= 4 is 0 Å². The molecule has 0 atom stereocenters. The Balaban J connectivity index is 0.00000128.